The Bertz CT molecular complexity index is 2070. The smallest absolute Gasteiger partial charge is 0.413 e. The standard InChI is InChI=1S/C39H57N9O13S2/c1-36(2,3)57-32(51)26(20-56-23-15-13-22(14-16-23)24(29(40)41)19-42-17-12-18-43-34(52)58-37(4,5)6)60-47-27(25-21-62-33(44-25)46-35(53)59-38(7,8)9)30(49)45-28-31(50)48(39(28,10)11)61-63(54)55/h13-16,19,21,26,28,42H,12,17-18,20H2,1-11H3,(H3,40,41)(H,43,52)(H,45,49)(H,54,55)(H,44,46,53)/b24-19-,47-27-/t26?,28-/m1/s1. The van der Waals surface area contributed by atoms with Gasteiger partial charge in [0.25, 0.3) is 17.9 Å². The van der Waals surface area contributed by atoms with Gasteiger partial charge in [0.1, 0.15) is 46.7 Å². The van der Waals surface area contributed by atoms with Crippen LogP contribution in [0.3, 0.4) is 0 Å². The zero-order valence-electron chi connectivity index (χ0n) is 37.0. The second-order valence-electron chi connectivity index (χ2n) is 17.3. The number of nitrogens with zero attached hydrogens (tertiary/aromatic N) is 3. The lowest BCUT2D eigenvalue weighted by Gasteiger charge is -2.50. The lowest BCUT2D eigenvalue weighted by atomic mass is 9.84. The van der Waals surface area contributed by atoms with Crippen molar-refractivity contribution in [3.05, 3.63) is 47.1 Å². The summed E-state index contributed by atoms with van der Waals surface area (Å²) >= 11 is -1.92. The highest BCUT2D eigenvalue weighted by atomic mass is 32.2. The van der Waals surface area contributed by atoms with Gasteiger partial charge in [-0.05, 0) is 100 Å². The van der Waals surface area contributed by atoms with Crippen LogP contribution in [0.25, 0.3) is 5.57 Å². The number of rotatable bonds is 19. The summed E-state index contributed by atoms with van der Waals surface area (Å²) in [5.41, 5.74) is 2.40. The fourth-order valence-corrected chi connectivity index (χ4v) is 6.21. The summed E-state index contributed by atoms with van der Waals surface area (Å²) in [6.07, 6.45) is -0.801. The number of β-lactam (4-membered cyclic amide) rings is 1. The van der Waals surface area contributed by atoms with Crippen molar-refractivity contribution in [1.82, 2.24) is 26.0 Å². The molecule has 1 aromatic carbocycles. The van der Waals surface area contributed by atoms with Gasteiger partial charge in [-0.3, -0.25) is 24.9 Å². The SMILES string of the molecule is CC(C)(C)OC(=O)NCCCN/C=C(\C(=N)N)c1ccc(OCC(O/N=C(\C(=O)N[C@@H]2C(=O)N(OS(=O)O)C2(C)C)c2csc(NC(=O)OC(C)(C)C)n2)C(=O)OC(C)(C)C)cc1. The van der Waals surface area contributed by atoms with Crippen LogP contribution < -0.4 is 31.7 Å². The molecule has 2 aromatic rings. The van der Waals surface area contributed by atoms with Crippen LogP contribution in [0.2, 0.25) is 0 Å². The predicted molar refractivity (Wildman–Crippen MR) is 233 cm³/mol. The van der Waals surface area contributed by atoms with Crippen LogP contribution in [0.1, 0.15) is 93.8 Å². The van der Waals surface area contributed by atoms with Crippen LogP contribution in [0.15, 0.2) is 41.0 Å². The molecule has 63 heavy (non-hydrogen) atoms. The quantitative estimate of drug-likeness (QED) is 0.0153. The molecular formula is C39H57N9O13S2. The molecule has 1 aliphatic rings. The van der Waals surface area contributed by atoms with E-state index in [0.29, 0.717) is 35.7 Å². The van der Waals surface area contributed by atoms with Crippen molar-refractivity contribution in [3.8, 4) is 5.75 Å². The summed E-state index contributed by atoms with van der Waals surface area (Å²) in [6.45, 7) is 18.5. The molecule has 1 aromatic heterocycles. The number of amidine groups is 1. The maximum Gasteiger partial charge on any atom is 0.413 e. The molecule has 24 heteroatoms. The number of ether oxygens (including phenoxy) is 4. The van der Waals surface area contributed by atoms with Crippen molar-refractivity contribution < 1.29 is 60.8 Å². The number of oxime groups is 1. The maximum atomic E-state index is 13.8. The van der Waals surface area contributed by atoms with Crippen LogP contribution >= 0.6 is 11.3 Å². The first-order valence-electron chi connectivity index (χ1n) is 19.4. The van der Waals surface area contributed by atoms with Gasteiger partial charge in [-0.1, -0.05) is 17.3 Å². The van der Waals surface area contributed by atoms with Crippen molar-refractivity contribution in [1.29, 1.82) is 5.41 Å². The van der Waals surface area contributed by atoms with E-state index >= 15 is 0 Å². The van der Waals surface area contributed by atoms with Crippen LogP contribution in [-0.4, -0.2) is 115 Å². The van der Waals surface area contributed by atoms with Crippen molar-refractivity contribution in [3.63, 3.8) is 0 Å². The first-order chi connectivity index (χ1) is 29.1. The Morgan fingerprint density at radius 1 is 1.00 bits per heavy atom. The summed E-state index contributed by atoms with van der Waals surface area (Å²) in [7, 11) is 0. The van der Waals surface area contributed by atoms with Crippen molar-refractivity contribution in [2.24, 2.45) is 10.9 Å². The fourth-order valence-electron chi connectivity index (χ4n) is 5.14. The summed E-state index contributed by atoms with van der Waals surface area (Å²) in [6, 6.07) is 5.13. The molecule has 2 unspecified atom stereocenters. The van der Waals surface area contributed by atoms with Crippen molar-refractivity contribution >= 4 is 74.9 Å². The third-order valence-corrected chi connectivity index (χ3v) is 8.91. The number of hydroxylamine groups is 2. The maximum absolute atomic E-state index is 13.8. The Kier molecular flexibility index (Phi) is 17.6. The molecule has 3 atom stereocenters. The lowest BCUT2D eigenvalue weighted by molar-refractivity contribution is -0.216. The van der Waals surface area contributed by atoms with E-state index in [4.69, 9.17) is 34.9 Å². The molecule has 0 bridgehead atoms. The number of benzene rings is 1. The highest BCUT2D eigenvalue weighted by Gasteiger charge is 2.57. The number of nitrogens with one attached hydrogen (secondary N) is 5. The second-order valence-corrected chi connectivity index (χ2v) is 18.7. The lowest BCUT2D eigenvalue weighted by Crippen LogP contribution is -2.76. The number of alkyl carbamates (subject to hydrolysis) is 1. The van der Waals surface area contributed by atoms with E-state index in [-0.39, 0.29) is 22.4 Å². The predicted octanol–water partition coefficient (Wildman–Crippen LogP) is 3.96. The van der Waals surface area contributed by atoms with E-state index < -0.39 is 88.1 Å². The van der Waals surface area contributed by atoms with Crippen molar-refractivity contribution in [2.45, 2.75) is 117 Å². The van der Waals surface area contributed by atoms with E-state index in [1.54, 1.807) is 92.8 Å². The van der Waals surface area contributed by atoms with Gasteiger partial charge in [0.15, 0.2) is 10.8 Å². The van der Waals surface area contributed by atoms with Gasteiger partial charge in [-0.2, -0.15) is 9.27 Å². The largest absolute Gasteiger partial charge is 0.489 e. The first kappa shape index (κ1) is 51.5. The minimum Gasteiger partial charge on any atom is -0.489 e. The van der Waals surface area contributed by atoms with E-state index in [2.05, 4.69) is 35.7 Å². The van der Waals surface area contributed by atoms with Crippen LogP contribution in [-0.2, 0) is 49.1 Å². The number of hydrogen-bond donors (Lipinski definition) is 7. The number of thiazole rings is 1. The number of hydrogen-bond acceptors (Lipinski definition) is 17. The molecule has 0 aliphatic carbocycles. The summed E-state index contributed by atoms with van der Waals surface area (Å²) < 4.78 is 47.0. The zero-order valence-corrected chi connectivity index (χ0v) is 38.7. The summed E-state index contributed by atoms with van der Waals surface area (Å²) in [5.74, 6) is -2.73. The number of anilines is 1. The van der Waals surface area contributed by atoms with E-state index in [1.165, 1.54) is 19.2 Å². The minimum atomic E-state index is -2.83. The molecule has 4 amide bonds. The topological polar surface area (TPSA) is 305 Å². The summed E-state index contributed by atoms with van der Waals surface area (Å²) in [4.78, 5) is 74.4. The third kappa shape index (κ3) is 16.7. The molecule has 8 N–H and O–H groups in total. The molecule has 22 nitrogen and oxygen atoms in total. The van der Waals surface area contributed by atoms with E-state index in [1.807, 2.05) is 0 Å². The Labute approximate surface area is 371 Å². The molecule has 1 aliphatic heterocycles. The Morgan fingerprint density at radius 2 is 1.60 bits per heavy atom. The molecule has 0 spiro atoms. The number of carbonyl (C=O) groups is 5. The number of esters is 1. The van der Waals surface area contributed by atoms with Gasteiger partial charge in [0.05, 0.1) is 5.54 Å². The Morgan fingerprint density at radius 3 is 2.16 bits per heavy atom. The molecule has 1 saturated heterocycles. The number of carbonyl (C=O) groups excluding carboxylic acids is 5. The first-order valence-corrected chi connectivity index (χ1v) is 21.3. The average molecular weight is 924 g/mol. The number of aromatic nitrogens is 1. The minimum absolute atomic E-state index is 0.00595. The molecule has 1 fully saturated rings. The van der Waals surface area contributed by atoms with Gasteiger partial charge in [0.2, 0.25) is 0 Å². The molecule has 3 rings (SSSR count). The molecule has 0 saturated carbocycles. The van der Waals surface area contributed by atoms with Crippen LogP contribution in [0.5, 0.6) is 5.75 Å². The number of nitrogens with two attached hydrogens (primary N) is 1. The van der Waals surface area contributed by atoms with E-state index in [9.17, 15) is 32.7 Å². The van der Waals surface area contributed by atoms with Gasteiger partial charge in [-0.25, -0.2) is 19.4 Å². The van der Waals surface area contributed by atoms with Gasteiger partial charge in [0, 0.05) is 30.2 Å². The van der Waals surface area contributed by atoms with Gasteiger partial charge in [-0.15, -0.1) is 15.6 Å². The second kappa shape index (κ2) is 21.5. The van der Waals surface area contributed by atoms with E-state index in [0.717, 1.165) is 11.3 Å². The fraction of sp³-hybridized carbons (Fsp3) is 0.538. The van der Waals surface area contributed by atoms with Gasteiger partial charge < -0.3 is 45.5 Å². The molecule has 2 heterocycles. The van der Waals surface area contributed by atoms with Gasteiger partial charge >= 0.3 is 29.5 Å². The monoisotopic (exact) mass is 923 g/mol. The average Bonchev–Trinajstić information content (AvgIpc) is 3.59. The highest BCUT2D eigenvalue weighted by molar-refractivity contribution is 7.74. The Balaban J connectivity index is 1.83. The zero-order chi connectivity index (χ0) is 47.5. The molecular weight excluding hydrogens is 867 g/mol. The van der Waals surface area contributed by atoms with Crippen LogP contribution in [0, 0.1) is 5.41 Å². The number of amides is 4. The summed E-state index contributed by atoms with van der Waals surface area (Å²) in [5, 5.41) is 24.8. The van der Waals surface area contributed by atoms with Crippen molar-refractivity contribution in [2.75, 3.05) is 25.0 Å². The van der Waals surface area contributed by atoms with Crippen LogP contribution in [0.4, 0.5) is 14.7 Å². The normalized spacial score (nSPS) is 16.4. The third-order valence-electron chi connectivity index (χ3n) is 7.87. The Hall–Kier alpha value is -5.85. The highest BCUT2D eigenvalue weighted by Crippen LogP contribution is 2.32. The molecule has 348 valence electrons. The molecule has 0 radical (unpaired) electrons.